The third-order valence-electron chi connectivity index (χ3n) is 6.15. The van der Waals surface area contributed by atoms with Gasteiger partial charge in [0.05, 0.1) is 0 Å². The Morgan fingerprint density at radius 2 is 0.842 bits per heavy atom. The summed E-state index contributed by atoms with van der Waals surface area (Å²) in [6.45, 7) is 18.9. The van der Waals surface area contributed by atoms with E-state index in [1.54, 1.807) is 0 Å². The number of aryl methyl sites for hydroxylation is 6. The molecule has 0 bridgehead atoms. The van der Waals surface area contributed by atoms with Crippen LogP contribution in [0.5, 0.6) is 0 Å². The van der Waals surface area contributed by atoms with Crippen molar-refractivity contribution in [1.82, 2.24) is 0 Å². The molecule has 1 saturated heterocycles. The molecule has 8 heteroatoms. The summed E-state index contributed by atoms with van der Waals surface area (Å²) < 4.78 is 39.0. The summed E-state index contributed by atoms with van der Waals surface area (Å²) in [4.78, 5) is 4.62. The molecule has 1 heterocycles. The summed E-state index contributed by atoms with van der Waals surface area (Å²) in [6.07, 6.45) is 15.1. The maximum atomic E-state index is 9.75. The Kier molecular flexibility index (Phi) is 15.0. The number of rotatable bonds is 2. The third-order valence-corrected chi connectivity index (χ3v) is 6.15. The molecule has 0 N–H and O–H groups in total. The van der Waals surface area contributed by atoms with Crippen LogP contribution in [0.4, 0.5) is 28.6 Å². The maximum absolute atomic E-state index is 9.75. The predicted octanol–water partition coefficient (Wildman–Crippen LogP) is 8.93. The van der Waals surface area contributed by atoms with Gasteiger partial charge in [0, 0.05) is 43.9 Å². The summed E-state index contributed by atoms with van der Waals surface area (Å²) >= 11 is 0. The SMILES string of the molecule is Cc1cc(C)c(N2[C]N(c3c(C)cc(C)cc3C)CCC2)c(C)c1.F[B-](F)(F)F.[CH]1[CH]CC[CH][CH]CC1.[Rh]. The van der Waals surface area contributed by atoms with E-state index in [4.69, 9.17) is 0 Å². The zero-order chi connectivity index (χ0) is 27.6. The molecule has 0 unspecified atom stereocenters. The van der Waals surface area contributed by atoms with E-state index in [1.165, 1.54) is 70.4 Å². The first-order valence-corrected chi connectivity index (χ1v) is 13.0. The Labute approximate surface area is 241 Å². The molecule has 1 saturated carbocycles. The van der Waals surface area contributed by atoms with Crippen LogP contribution in [0.3, 0.4) is 0 Å². The minimum Gasteiger partial charge on any atom is -0.418 e. The van der Waals surface area contributed by atoms with E-state index in [1.807, 2.05) is 0 Å². The zero-order valence-corrected chi connectivity index (χ0v) is 25.0. The van der Waals surface area contributed by atoms with Gasteiger partial charge in [-0.2, -0.15) is 0 Å². The standard InChI is InChI=1S/C22H28N2.C8H12.BF4.Rh/c1-15-10-17(3)21(18(4)11-15)23-8-7-9-24(14-23)22-19(5)12-16(2)13-20(22)6;1-2-4-6-8-7-5-3-1;2-1(3,4)5;/h10-13H,7-9H2,1-6H3;1-2,7-8H,3-6H2;;/q;;-1;. The molecule has 211 valence electrons. The van der Waals surface area contributed by atoms with Gasteiger partial charge in [-0.3, -0.25) is 0 Å². The Morgan fingerprint density at radius 1 is 0.579 bits per heavy atom. The molecular formula is C30H40BF4N2Rh-. The van der Waals surface area contributed by atoms with Crippen LogP contribution in [0.15, 0.2) is 24.3 Å². The number of halogens is 4. The van der Waals surface area contributed by atoms with Crippen LogP contribution in [-0.2, 0) is 19.5 Å². The molecule has 2 aliphatic rings. The fourth-order valence-corrected chi connectivity index (χ4v) is 5.01. The fraction of sp³-hybridized carbons (Fsp3) is 0.433. The molecule has 2 fully saturated rings. The molecule has 2 aromatic rings. The first kappa shape index (κ1) is 34.5. The summed E-state index contributed by atoms with van der Waals surface area (Å²) in [5.74, 6) is 0. The van der Waals surface area contributed by atoms with E-state index in [2.05, 4.69) is 108 Å². The van der Waals surface area contributed by atoms with E-state index in [0.29, 0.717) is 0 Å². The Bertz CT molecular complexity index is 857. The van der Waals surface area contributed by atoms with Crippen molar-refractivity contribution < 1.29 is 36.7 Å². The van der Waals surface area contributed by atoms with E-state index < -0.39 is 7.25 Å². The molecular weight excluding hydrogens is 578 g/mol. The average Bonchev–Trinajstić information content (AvgIpc) is 2.71. The van der Waals surface area contributed by atoms with Crippen LogP contribution >= 0.6 is 0 Å². The van der Waals surface area contributed by atoms with Crippen LogP contribution in [0.2, 0.25) is 0 Å². The largest absolute Gasteiger partial charge is 0.673 e. The van der Waals surface area contributed by atoms with Gasteiger partial charge in [0.15, 0.2) is 0 Å². The van der Waals surface area contributed by atoms with E-state index in [-0.39, 0.29) is 19.5 Å². The smallest absolute Gasteiger partial charge is 0.418 e. The van der Waals surface area contributed by atoms with Crippen molar-refractivity contribution in [2.24, 2.45) is 0 Å². The predicted molar refractivity (Wildman–Crippen MR) is 150 cm³/mol. The van der Waals surface area contributed by atoms with E-state index in [0.717, 1.165) is 19.5 Å². The van der Waals surface area contributed by atoms with Gasteiger partial charge in [0.25, 0.3) is 0 Å². The van der Waals surface area contributed by atoms with Crippen LogP contribution in [0, 0.1) is 73.9 Å². The monoisotopic (exact) mass is 618 g/mol. The second-order valence-corrected chi connectivity index (χ2v) is 9.84. The van der Waals surface area contributed by atoms with Gasteiger partial charge in [-0.15, -0.1) is 0 Å². The van der Waals surface area contributed by atoms with Gasteiger partial charge in [0.2, 0.25) is 6.67 Å². The zero-order valence-electron chi connectivity index (χ0n) is 23.4. The second kappa shape index (κ2) is 16.5. The van der Waals surface area contributed by atoms with Crippen molar-refractivity contribution >= 4 is 18.6 Å². The Balaban J connectivity index is 0.000000427. The van der Waals surface area contributed by atoms with Crippen molar-refractivity contribution in [3.8, 4) is 0 Å². The topological polar surface area (TPSA) is 6.48 Å². The van der Waals surface area contributed by atoms with Crippen LogP contribution in [0.1, 0.15) is 65.5 Å². The van der Waals surface area contributed by atoms with E-state index in [9.17, 15) is 17.3 Å². The van der Waals surface area contributed by atoms with Crippen molar-refractivity contribution in [3.63, 3.8) is 0 Å². The third kappa shape index (κ3) is 12.1. The number of hydrogen-bond acceptors (Lipinski definition) is 2. The molecule has 1 aliphatic heterocycles. The molecule has 2 aromatic carbocycles. The van der Waals surface area contributed by atoms with Gasteiger partial charge in [-0.05, 0) is 122 Å². The fourth-order valence-electron chi connectivity index (χ4n) is 5.01. The van der Waals surface area contributed by atoms with Crippen LogP contribution in [-0.4, -0.2) is 20.3 Å². The Morgan fingerprint density at radius 3 is 1.11 bits per heavy atom. The molecule has 0 spiro atoms. The van der Waals surface area contributed by atoms with Gasteiger partial charge < -0.3 is 27.1 Å². The number of anilines is 2. The molecule has 0 atom stereocenters. The minimum atomic E-state index is -6.00. The van der Waals surface area contributed by atoms with Crippen molar-refractivity contribution in [3.05, 3.63) is 90.0 Å². The molecule has 0 aromatic heterocycles. The number of benzene rings is 2. The summed E-state index contributed by atoms with van der Waals surface area (Å²) in [5.41, 5.74) is 10.6. The summed E-state index contributed by atoms with van der Waals surface area (Å²) in [7, 11) is -6.00. The first-order valence-electron chi connectivity index (χ1n) is 13.0. The molecule has 7 radical (unpaired) electrons. The van der Waals surface area contributed by atoms with Gasteiger partial charge in [0.1, 0.15) is 0 Å². The maximum Gasteiger partial charge on any atom is 0.673 e. The molecule has 4 rings (SSSR count). The van der Waals surface area contributed by atoms with Crippen LogP contribution in [0.25, 0.3) is 0 Å². The molecule has 2 nitrogen and oxygen atoms in total. The van der Waals surface area contributed by atoms with Gasteiger partial charge in [-0.1, -0.05) is 35.4 Å². The Hall–Kier alpha value is -1.55. The average molecular weight is 618 g/mol. The van der Waals surface area contributed by atoms with Crippen molar-refractivity contribution in [2.75, 3.05) is 22.9 Å². The minimum absolute atomic E-state index is 0. The van der Waals surface area contributed by atoms with Gasteiger partial charge >= 0.3 is 7.25 Å². The number of hydrogen-bond donors (Lipinski definition) is 0. The quantitative estimate of drug-likeness (QED) is 0.245. The number of nitrogens with zero attached hydrogens (tertiary/aromatic N) is 2. The molecule has 38 heavy (non-hydrogen) atoms. The first-order chi connectivity index (χ1) is 17.4. The normalized spacial score (nSPS) is 16.2. The van der Waals surface area contributed by atoms with Crippen molar-refractivity contribution in [2.45, 2.75) is 73.6 Å². The summed E-state index contributed by atoms with van der Waals surface area (Å²) in [6, 6.07) is 9.08. The summed E-state index contributed by atoms with van der Waals surface area (Å²) in [5, 5.41) is 0. The van der Waals surface area contributed by atoms with Crippen molar-refractivity contribution in [1.29, 1.82) is 0 Å². The van der Waals surface area contributed by atoms with E-state index >= 15 is 0 Å². The molecule has 1 aliphatic carbocycles. The van der Waals surface area contributed by atoms with Crippen LogP contribution < -0.4 is 9.80 Å². The molecule has 0 amide bonds. The second-order valence-electron chi connectivity index (χ2n) is 9.84. The van der Waals surface area contributed by atoms with Gasteiger partial charge in [-0.25, -0.2) is 0 Å².